The van der Waals surface area contributed by atoms with Gasteiger partial charge in [-0.2, -0.15) is 0 Å². The highest BCUT2D eigenvalue weighted by Gasteiger charge is 2.17. The molecule has 5 nitrogen and oxygen atoms in total. The molecule has 122 valence electrons. The number of fused-ring (bicyclic) bond motifs is 1. The Balaban J connectivity index is 2.00. The summed E-state index contributed by atoms with van der Waals surface area (Å²) in [6.45, 7) is 8.18. The van der Waals surface area contributed by atoms with Gasteiger partial charge in [-0.25, -0.2) is 0 Å². The summed E-state index contributed by atoms with van der Waals surface area (Å²) in [6, 6.07) is 4.18. The van der Waals surface area contributed by atoms with Gasteiger partial charge in [0.25, 0.3) is 0 Å². The molecule has 1 aliphatic rings. The van der Waals surface area contributed by atoms with Gasteiger partial charge >= 0.3 is 0 Å². The topological polar surface area (TPSA) is 54.9 Å². The van der Waals surface area contributed by atoms with Crippen molar-refractivity contribution in [1.82, 2.24) is 10.6 Å². The molecule has 1 aromatic rings. The van der Waals surface area contributed by atoms with Gasteiger partial charge in [-0.15, -0.1) is 0 Å². The molecule has 2 N–H and O–H groups in total. The van der Waals surface area contributed by atoms with Crippen molar-refractivity contribution in [1.29, 1.82) is 0 Å². The summed E-state index contributed by atoms with van der Waals surface area (Å²) in [5.41, 5.74) is 1.02. The molecular weight excluding hydrogens is 302 g/mol. The Morgan fingerprint density at radius 3 is 2.68 bits per heavy atom. The molecule has 0 aromatic heterocycles. The molecule has 0 aliphatic carbocycles. The van der Waals surface area contributed by atoms with E-state index < -0.39 is 0 Å². The minimum absolute atomic E-state index is 0.343. The van der Waals surface area contributed by atoms with Gasteiger partial charge < -0.3 is 20.1 Å². The molecule has 1 aliphatic heterocycles. The first-order valence-corrected chi connectivity index (χ1v) is 7.94. The number of nitrogens with one attached hydrogen (secondary N) is 2. The van der Waals surface area contributed by atoms with E-state index in [1.54, 1.807) is 7.05 Å². The van der Waals surface area contributed by atoms with E-state index in [0.717, 1.165) is 11.5 Å². The average molecular weight is 326 g/mol. The van der Waals surface area contributed by atoms with Crippen LogP contribution in [0.25, 0.3) is 0 Å². The summed E-state index contributed by atoms with van der Waals surface area (Å²) < 4.78 is 11.1. The van der Waals surface area contributed by atoms with E-state index in [9.17, 15) is 0 Å². The van der Waals surface area contributed by atoms with Gasteiger partial charge in [-0.1, -0.05) is 25.4 Å². The highest BCUT2D eigenvalue weighted by Crippen LogP contribution is 2.38. The third-order valence-corrected chi connectivity index (χ3v) is 3.99. The van der Waals surface area contributed by atoms with Crippen molar-refractivity contribution in [2.45, 2.75) is 33.4 Å². The molecule has 0 saturated carbocycles. The van der Waals surface area contributed by atoms with Crippen molar-refractivity contribution in [3.05, 3.63) is 22.7 Å². The minimum Gasteiger partial charge on any atom is -0.486 e. The molecular formula is C16H24ClN3O2. The monoisotopic (exact) mass is 325 g/mol. The number of rotatable bonds is 4. The lowest BCUT2D eigenvalue weighted by Gasteiger charge is -2.22. The predicted molar refractivity (Wildman–Crippen MR) is 90.1 cm³/mol. The summed E-state index contributed by atoms with van der Waals surface area (Å²) >= 11 is 6.24. The van der Waals surface area contributed by atoms with Gasteiger partial charge in [0, 0.05) is 19.6 Å². The molecule has 1 atom stereocenters. The zero-order valence-corrected chi connectivity index (χ0v) is 14.3. The summed E-state index contributed by atoms with van der Waals surface area (Å²) in [7, 11) is 1.76. The lowest BCUT2D eigenvalue weighted by Crippen LogP contribution is -2.43. The molecule has 0 bridgehead atoms. The van der Waals surface area contributed by atoms with Crippen LogP contribution in [0.4, 0.5) is 0 Å². The molecule has 2 rings (SSSR count). The van der Waals surface area contributed by atoms with Crippen molar-refractivity contribution in [2.75, 3.05) is 20.3 Å². The molecule has 1 aromatic carbocycles. The summed E-state index contributed by atoms with van der Waals surface area (Å²) in [6.07, 6.45) is 0. The molecule has 22 heavy (non-hydrogen) atoms. The van der Waals surface area contributed by atoms with Crippen LogP contribution in [0.2, 0.25) is 5.02 Å². The Hall–Kier alpha value is -1.62. The van der Waals surface area contributed by atoms with E-state index >= 15 is 0 Å². The van der Waals surface area contributed by atoms with E-state index in [1.165, 1.54) is 0 Å². The Morgan fingerprint density at radius 1 is 1.27 bits per heavy atom. The van der Waals surface area contributed by atoms with Crippen LogP contribution in [0, 0.1) is 5.92 Å². The molecule has 1 unspecified atom stereocenters. The van der Waals surface area contributed by atoms with Crippen molar-refractivity contribution in [3.8, 4) is 11.5 Å². The van der Waals surface area contributed by atoms with Crippen LogP contribution in [0.3, 0.4) is 0 Å². The van der Waals surface area contributed by atoms with Crippen LogP contribution in [0.15, 0.2) is 17.1 Å². The van der Waals surface area contributed by atoms with Crippen molar-refractivity contribution in [3.63, 3.8) is 0 Å². The SMILES string of the molecule is CN=C(NCc1cc(Cl)c2c(c1)OCCO2)NC(C)C(C)C. The Labute approximate surface area is 137 Å². The van der Waals surface area contributed by atoms with Crippen LogP contribution < -0.4 is 20.1 Å². The smallest absolute Gasteiger partial charge is 0.191 e. The zero-order valence-electron chi connectivity index (χ0n) is 13.6. The van der Waals surface area contributed by atoms with E-state index in [2.05, 4.69) is 36.4 Å². The highest BCUT2D eigenvalue weighted by molar-refractivity contribution is 6.32. The molecule has 1 heterocycles. The van der Waals surface area contributed by atoms with Gasteiger partial charge in [0.2, 0.25) is 0 Å². The number of hydrogen-bond donors (Lipinski definition) is 2. The molecule has 6 heteroatoms. The number of ether oxygens (including phenoxy) is 2. The molecule has 0 radical (unpaired) electrons. The van der Waals surface area contributed by atoms with E-state index in [-0.39, 0.29) is 0 Å². The van der Waals surface area contributed by atoms with Crippen LogP contribution in [0.5, 0.6) is 11.5 Å². The first-order chi connectivity index (χ1) is 10.5. The van der Waals surface area contributed by atoms with Gasteiger partial charge in [-0.3, -0.25) is 4.99 Å². The van der Waals surface area contributed by atoms with Crippen molar-refractivity contribution >= 4 is 17.6 Å². The Morgan fingerprint density at radius 2 is 2.00 bits per heavy atom. The molecule has 0 amide bonds. The minimum atomic E-state index is 0.343. The quantitative estimate of drug-likeness (QED) is 0.660. The third kappa shape index (κ3) is 4.19. The summed E-state index contributed by atoms with van der Waals surface area (Å²) in [5, 5.41) is 7.23. The van der Waals surface area contributed by atoms with Crippen LogP contribution in [-0.2, 0) is 6.54 Å². The first kappa shape index (κ1) is 16.7. The van der Waals surface area contributed by atoms with E-state index in [1.807, 2.05) is 12.1 Å². The fraction of sp³-hybridized carbons (Fsp3) is 0.562. The van der Waals surface area contributed by atoms with Crippen molar-refractivity contribution in [2.24, 2.45) is 10.9 Å². The maximum Gasteiger partial charge on any atom is 0.191 e. The predicted octanol–water partition coefficient (Wildman–Crippen LogP) is 2.82. The second-order valence-corrected chi connectivity index (χ2v) is 6.11. The third-order valence-electron chi connectivity index (χ3n) is 3.70. The van der Waals surface area contributed by atoms with Gasteiger partial charge in [0.05, 0.1) is 5.02 Å². The van der Waals surface area contributed by atoms with Crippen molar-refractivity contribution < 1.29 is 9.47 Å². The van der Waals surface area contributed by atoms with Gasteiger partial charge in [-0.05, 0) is 30.5 Å². The second-order valence-electron chi connectivity index (χ2n) is 5.70. The molecule has 0 fully saturated rings. The normalized spacial score (nSPS) is 15.6. The maximum absolute atomic E-state index is 6.24. The standard InChI is InChI=1S/C16H24ClN3O2/c1-10(2)11(3)20-16(18-4)19-9-12-7-13(17)15-14(8-12)21-5-6-22-15/h7-8,10-11H,5-6,9H2,1-4H3,(H2,18,19,20). The Kier molecular flexibility index (Phi) is 5.77. The lowest BCUT2D eigenvalue weighted by atomic mass is 10.1. The largest absolute Gasteiger partial charge is 0.486 e. The Bertz CT molecular complexity index is 546. The van der Waals surface area contributed by atoms with Crippen LogP contribution in [-0.4, -0.2) is 32.3 Å². The molecule has 0 spiro atoms. The van der Waals surface area contributed by atoms with Gasteiger partial charge in [0.1, 0.15) is 13.2 Å². The van der Waals surface area contributed by atoms with Gasteiger partial charge in [0.15, 0.2) is 17.5 Å². The fourth-order valence-electron chi connectivity index (χ4n) is 2.03. The van der Waals surface area contributed by atoms with E-state index in [0.29, 0.717) is 48.2 Å². The number of benzene rings is 1. The zero-order chi connectivity index (χ0) is 16.1. The highest BCUT2D eigenvalue weighted by atomic mass is 35.5. The number of hydrogen-bond acceptors (Lipinski definition) is 3. The number of aliphatic imine (C=N–C) groups is 1. The number of nitrogens with zero attached hydrogens (tertiary/aromatic N) is 1. The van der Waals surface area contributed by atoms with Crippen LogP contribution >= 0.6 is 11.6 Å². The lowest BCUT2D eigenvalue weighted by molar-refractivity contribution is 0.171. The molecule has 0 saturated heterocycles. The first-order valence-electron chi connectivity index (χ1n) is 7.56. The second kappa shape index (κ2) is 7.58. The fourth-order valence-corrected chi connectivity index (χ4v) is 2.32. The average Bonchev–Trinajstić information content (AvgIpc) is 2.51. The van der Waals surface area contributed by atoms with E-state index in [4.69, 9.17) is 21.1 Å². The summed E-state index contributed by atoms with van der Waals surface area (Å²) in [4.78, 5) is 4.24. The number of halogens is 1. The summed E-state index contributed by atoms with van der Waals surface area (Å²) in [5.74, 6) is 2.64. The van der Waals surface area contributed by atoms with Crippen LogP contribution in [0.1, 0.15) is 26.3 Å². The maximum atomic E-state index is 6.24. The number of guanidine groups is 1.